The Morgan fingerprint density at radius 3 is 2.29 bits per heavy atom. The molecule has 0 aliphatic rings. The summed E-state index contributed by atoms with van der Waals surface area (Å²) in [6, 6.07) is 0. The molecule has 0 atom stereocenters. The van der Waals surface area contributed by atoms with E-state index in [1.54, 1.807) is 0 Å². The van der Waals surface area contributed by atoms with Gasteiger partial charge < -0.3 is 25.2 Å². The van der Waals surface area contributed by atoms with Crippen molar-refractivity contribution in [3.05, 3.63) is 0 Å². The van der Waals surface area contributed by atoms with Gasteiger partial charge in [0.05, 0.1) is 0 Å². The Morgan fingerprint density at radius 1 is 1.21 bits per heavy atom. The number of aromatic nitrogens is 3. The van der Waals surface area contributed by atoms with Crippen LogP contribution in [0.1, 0.15) is 0 Å². The van der Waals surface area contributed by atoms with Gasteiger partial charge in [-0.05, 0) is 0 Å². The van der Waals surface area contributed by atoms with Gasteiger partial charge in [-0.25, -0.2) is 14.7 Å². The van der Waals surface area contributed by atoms with Crippen LogP contribution in [-0.2, 0) is 0 Å². The number of rotatable bonds is 2. The molecule has 0 saturated heterocycles. The van der Waals surface area contributed by atoms with Gasteiger partial charge in [-0.2, -0.15) is 0 Å². The monoisotopic (exact) mass is 207 g/mol. The Hall–Kier alpha value is -2.36. The van der Waals surface area contributed by atoms with Crippen molar-refractivity contribution in [2.45, 2.75) is 0 Å². The largest absolute Gasteiger partial charge is 0.512 e. The first-order chi connectivity index (χ1) is 6.09. The van der Waals surface area contributed by atoms with Crippen LogP contribution in [0.25, 0.3) is 0 Å². The molecule has 0 bridgehead atoms. The zero-order valence-corrected chi connectivity index (χ0v) is 6.42. The maximum Gasteiger partial charge on any atom is 0.512 e. The summed E-state index contributed by atoms with van der Waals surface area (Å²) >= 11 is 0. The lowest BCUT2D eigenvalue weighted by Gasteiger charge is -1.96. The molecule has 1 heterocycles. The lowest BCUT2D eigenvalue weighted by molar-refractivity contribution is 0.130. The summed E-state index contributed by atoms with van der Waals surface area (Å²) in [5.41, 5.74) is 0. The quantitative estimate of drug-likeness (QED) is 0.524. The van der Waals surface area contributed by atoms with Gasteiger partial charge in [0.1, 0.15) is 0 Å². The van der Waals surface area contributed by atoms with Crippen LogP contribution in [0.3, 0.4) is 0 Å². The molecule has 14 heavy (non-hydrogen) atoms. The van der Waals surface area contributed by atoms with Crippen LogP contribution >= 0.6 is 0 Å². The zero-order valence-electron chi connectivity index (χ0n) is 6.42. The molecule has 0 saturated carbocycles. The van der Waals surface area contributed by atoms with E-state index in [1.165, 1.54) is 0 Å². The average molecular weight is 207 g/mol. The Labute approximate surface area is 75.4 Å². The first kappa shape index (κ1) is 11.6. The second-order valence-corrected chi connectivity index (χ2v) is 1.68. The highest BCUT2D eigenvalue weighted by Crippen LogP contribution is 2.19. The molecule has 0 aliphatic carbocycles. The lowest BCUT2D eigenvalue weighted by Crippen LogP contribution is -2.08. The first-order valence-electron chi connectivity index (χ1n) is 2.82. The van der Waals surface area contributed by atoms with Crippen molar-refractivity contribution >= 4 is 12.3 Å². The fourth-order valence-corrected chi connectivity index (χ4v) is 0.512. The fourth-order valence-electron chi connectivity index (χ4n) is 0.512. The standard InChI is InChI=1S/C4H3N3O6.H2O/c8-3(9)12-1-2(6-7-5-1)13-4(10)11;/h(H,8,9)(H,10,11)(H,5,6,7);1H2. The Balaban J connectivity index is 0.00000169. The molecule has 5 N–H and O–H groups in total. The van der Waals surface area contributed by atoms with Gasteiger partial charge in [0.2, 0.25) is 0 Å². The summed E-state index contributed by atoms with van der Waals surface area (Å²) in [4.78, 5) is 20.0. The maximum absolute atomic E-state index is 10.0. The van der Waals surface area contributed by atoms with E-state index < -0.39 is 24.1 Å². The molecule has 0 fully saturated rings. The van der Waals surface area contributed by atoms with Gasteiger partial charge in [0.15, 0.2) is 0 Å². The van der Waals surface area contributed by atoms with E-state index >= 15 is 0 Å². The molecule has 0 aromatic carbocycles. The second kappa shape index (κ2) is 4.61. The van der Waals surface area contributed by atoms with Crippen molar-refractivity contribution in [3.63, 3.8) is 0 Å². The van der Waals surface area contributed by atoms with Gasteiger partial charge in [-0.15, -0.1) is 0 Å². The summed E-state index contributed by atoms with van der Waals surface area (Å²) in [5.74, 6) is -1.05. The van der Waals surface area contributed by atoms with Crippen LogP contribution < -0.4 is 9.47 Å². The van der Waals surface area contributed by atoms with Crippen LogP contribution in [0, 0.1) is 0 Å². The molecule has 10 heteroatoms. The molecule has 78 valence electrons. The van der Waals surface area contributed by atoms with E-state index in [0.29, 0.717) is 0 Å². The highest BCUT2D eigenvalue weighted by molar-refractivity contribution is 5.64. The summed E-state index contributed by atoms with van der Waals surface area (Å²) in [6.07, 6.45) is -3.29. The summed E-state index contributed by atoms with van der Waals surface area (Å²) in [5, 5.41) is 24.5. The predicted octanol–water partition coefficient (Wildman–Crippen LogP) is -0.906. The van der Waals surface area contributed by atoms with Crippen LogP contribution in [-0.4, -0.2) is 43.4 Å². The van der Waals surface area contributed by atoms with Gasteiger partial charge in [0.25, 0.3) is 5.88 Å². The average Bonchev–Trinajstić information content (AvgIpc) is 2.34. The van der Waals surface area contributed by atoms with E-state index in [4.69, 9.17) is 10.2 Å². The van der Waals surface area contributed by atoms with Gasteiger partial charge in [-0.3, -0.25) is 0 Å². The van der Waals surface area contributed by atoms with Gasteiger partial charge >= 0.3 is 18.2 Å². The topological polar surface area (TPSA) is 166 Å². The minimum atomic E-state index is -1.65. The number of aromatic amines is 1. The van der Waals surface area contributed by atoms with Gasteiger partial charge in [0, 0.05) is 0 Å². The van der Waals surface area contributed by atoms with E-state index in [0.717, 1.165) is 0 Å². The Kier molecular flexibility index (Phi) is 3.84. The van der Waals surface area contributed by atoms with Crippen LogP contribution in [0.5, 0.6) is 11.8 Å². The van der Waals surface area contributed by atoms with Crippen LogP contribution in [0.2, 0.25) is 0 Å². The normalized spacial score (nSPS) is 8.57. The van der Waals surface area contributed by atoms with E-state index in [-0.39, 0.29) is 5.48 Å². The lowest BCUT2D eigenvalue weighted by atomic mass is 10.8. The zero-order chi connectivity index (χ0) is 9.84. The molecular formula is C4H5N3O7. The third-order valence-corrected chi connectivity index (χ3v) is 0.860. The molecule has 1 aromatic heterocycles. The molecule has 0 aliphatic heterocycles. The molecule has 0 amide bonds. The SMILES string of the molecule is O.O=C(O)Oc1nn[nH]c1OC(=O)O. The van der Waals surface area contributed by atoms with E-state index in [9.17, 15) is 9.59 Å². The summed E-state index contributed by atoms with van der Waals surface area (Å²) < 4.78 is 8.04. The van der Waals surface area contributed by atoms with Crippen molar-refractivity contribution in [2.75, 3.05) is 0 Å². The number of nitrogens with one attached hydrogen (secondary N) is 1. The number of nitrogens with zero attached hydrogens (tertiary/aromatic N) is 2. The number of hydrogen-bond acceptors (Lipinski definition) is 6. The van der Waals surface area contributed by atoms with Crippen LogP contribution in [0.4, 0.5) is 9.59 Å². The van der Waals surface area contributed by atoms with Gasteiger partial charge in [-0.1, -0.05) is 10.3 Å². The molecule has 1 rings (SSSR count). The van der Waals surface area contributed by atoms with Crippen molar-refractivity contribution in [3.8, 4) is 11.8 Å². The predicted molar refractivity (Wildman–Crippen MR) is 37.3 cm³/mol. The molecule has 1 aromatic rings. The Morgan fingerprint density at radius 2 is 1.79 bits per heavy atom. The van der Waals surface area contributed by atoms with Crippen molar-refractivity contribution in [1.82, 2.24) is 15.4 Å². The summed E-state index contributed by atoms with van der Waals surface area (Å²) in [6.45, 7) is 0. The first-order valence-corrected chi connectivity index (χ1v) is 2.82. The smallest absolute Gasteiger partial charge is 0.449 e. The van der Waals surface area contributed by atoms with E-state index in [2.05, 4.69) is 19.8 Å². The second-order valence-electron chi connectivity index (χ2n) is 1.68. The molecule has 0 radical (unpaired) electrons. The molecular weight excluding hydrogens is 202 g/mol. The third kappa shape index (κ3) is 2.94. The number of hydrogen-bond donors (Lipinski definition) is 3. The fraction of sp³-hybridized carbons (Fsp3) is 0. The third-order valence-electron chi connectivity index (χ3n) is 0.860. The van der Waals surface area contributed by atoms with Crippen molar-refractivity contribution in [1.29, 1.82) is 0 Å². The summed E-state index contributed by atoms with van der Waals surface area (Å²) in [7, 11) is 0. The number of carboxylic acid groups (broad SMARTS) is 2. The molecule has 10 nitrogen and oxygen atoms in total. The highest BCUT2D eigenvalue weighted by Gasteiger charge is 2.16. The number of ether oxygens (including phenoxy) is 2. The maximum atomic E-state index is 10.0. The van der Waals surface area contributed by atoms with E-state index in [1.807, 2.05) is 5.10 Å². The number of carbonyl (C=O) groups is 2. The Bertz CT molecular complexity index is 303. The molecule has 0 unspecified atom stereocenters. The minimum Gasteiger partial charge on any atom is -0.449 e. The van der Waals surface area contributed by atoms with Crippen molar-refractivity contribution in [2.24, 2.45) is 0 Å². The van der Waals surface area contributed by atoms with Crippen LogP contribution in [0.15, 0.2) is 0 Å². The van der Waals surface area contributed by atoms with Crippen molar-refractivity contribution < 1.29 is 34.8 Å². The minimum absolute atomic E-state index is 0. The number of H-pyrrole nitrogens is 1. The highest BCUT2D eigenvalue weighted by atomic mass is 16.7. The molecule has 0 spiro atoms.